The maximum Gasteiger partial charge on any atom is 0.434 e. The van der Waals surface area contributed by atoms with Crippen LogP contribution in [0, 0.1) is 11.0 Å². The maximum absolute atomic E-state index is 15.6. The number of nitrogens with zero attached hydrogens (tertiary/aromatic N) is 2. The van der Waals surface area contributed by atoms with Crippen molar-refractivity contribution in [2.75, 3.05) is 16.8 Å². The lowest BCUT2D eigenvalue weighted by Gasteiger charge is -2.32. The van der Waals surface area contributed by atoms with Crippen LogP contribution in [0.3, 0.4) is 0 Å². The van der Waals surface area contributed by atoms with Gasteiger partial charge in [-0.1, -0.05) is 6.07 Å². The lowest BCUT2D eigenvalue weighted by molar-refractivity contribution is -0.605. The molecule has 18 heteroatoms. The second-order valence-corrected chi connectivity index (χ2v) is 9.79. The van der Waals surface area contributed by atoms with E-state index in [1.54, 1.807) is 0 Å². The molecule has 232 valence electrons. The van der Waals surface area contributed by atoms with Crippen LogP contribution < -0.4 is 19.7 Å². The van der Waals surface area contributed by atoms with Crippen molar-refractivity contribution in [3.8, 4) is 5.75 Å². The van der Waals surface area contributed by atoms with E-state index in [9.17, 15) is 49.9 Å². The summed E-state index contributed by atoms with van der Waals surface area (Å²) in [5, 5.41) is 7.83. The highest BCUT2D eigenvalue weighted by atomic mass is 79.9. The Morgan fingerprint density at radius 3 is 2.30 bits per heavy atom. The van der Waals surface area contributed by atoms with Crippen molar-refractivity contribution >= 4 is 50.7 Å². The van der Waals surface area contributed by atoms with Crippen LogP contribution in [0.2, 0.25) is 0 Å². The molecule has 0 fully saturated rings. The summed E-state index contributed by atoms with van der Waals surface area (Å²) in [6, 6.07) is 5.55. The zero-order valence-electron chi connectivity index (χ0n) is 21.2. The average Bonchev–Trinajstić information content (AvgIpc) is 2.89. The SMILES string of the molecule is CCN(C(=O)c1ccc[n+]([O-])c1)c1cccc(C(=O)Nc2c(Br)cc(C(F)(C(F)(F)F)C(F)(F)Cl)cc2OC(F)F)c1F. The van der Waals surface area contributed by atoms with Crippen LogP contribution in [0.4, 0.5) is 50.9 Å². The van der Waals surface area contributed by atoms with Crippen molar-refractivity contribution in [1.29, 1.82) is 0 Å². The third kappa shape index (κ3) is 6.76. The van der Waals surface area contributed by atoms with Crippen LogP contribution >= 0.6 is 27.5 Å². The molecule has 1 aromatic heterocycles. The van der Waals surface area contributed by atoms with E-state index in [-0.39, 0.29) is 24.2 Å². The molecule has 0 aliphatic carbocycles. The van der Waals surface area contributed by atoms with Gasteiger partial charge >= 0.3 is 23.8 Å². The predicted octanol–water partition coefficient (Wildman–Crippen LogP) is 7.30. The second kappa shape index (κ2) is 12.5. The van der Waals surface area contributed by atoms with E-state index in [1.807, 2.05) is 5.32 Å². The monoisotopic (exact) mass is 707 g/mol. The summed E-state index contributed by atoms with van der Waals surface area (Å²) in [5.74, 6) is -5.02. The Labute approximate surface area is 249 Å². The number of anilines is 2. The fourth-order valence-electron chi connectivity index (χ4n) is 3.82. The van der Waals surface area contributed by atoms with Gasteiger partial charge in [0.25, 0.3) is 11.8 Å². The number of hydrogen-bond donors (Lipinski definition) is 1. The number of halogens is 11. The van der Waals surface area contributed by atoms with Crippen molar-refractivity contribution in [3.63, 3.8) is 0 Å². The summed E-state index contributed by atoms with van der Waals surface area (Å²) < 4.78 is 128. The molecule has 0 radical (unpaired) electrons. The summed E-state index contributed by atoms with van der Waals surface area (Å²) in [5.41, 5.74) is -9.92. The number of carbonyl (C=O) groups excluding carboxylic acids is 2. The first kappa shape index (κ1) is 33.8. The molecule has 7 nitrogen and oxygen atoms in total. The van der Waals surface area contributed by atoms with E-state index < -0.39 is 74.2 Å². The standard InChI is InChI=1S/C25H16BrClF9N3O4/c1-2-39(21(41)12-5-4-8-38(42)11-12)16-7-3-6-14(18(16)28)20(40)37-19-15(26)9-13(10-17(19)43-22(29)30)23(31,24(27,32)33)25(34,35)36/h3-11,22H,2H2,1H3,(H,37,40). The van der Waals surface area contributed by atoms with E-state index in [0.29, 0.717) is 4.73 Å². The van der Waals surface area contributed by atoms with Gasteiger partial charge in [0.1, 0.15) is 5.56 Å². The van der Waals surface area contributed by atoms with Gasteiger partial charge in [-0.3, -0.25) is 9.59 Å². The highest BCUT2D eigenvalue weighted by Crippen LogP contribution is 2.56. The van der Waals surface area contributed by atoms with Crippen molar-refractivity contribution in [2.45, 2.75) is 30.8 Å². The zero-order valence-corrected chi connectivity index (χ0v) is 23.5. The summed E-state index contributed by atoms with van der Waals surface area (Å²) in [4.78, 5) is 26.8. The Morgan fingerprint density at radius 2 is 1.77 bits per heavy atom. The van der Waals surface area contributed by atoms with Crippen molar-refractivity contribution in [1.82, 2.24) is 0 Å². The minimum absolute atomic E-state index is 0.0874. The Kier molecular flexibility index (Phi) is 9.80. The Balaban J connectivity index is 2.07. The molecule has 0 aliphatic rings. The number of amides is 2. The molecule has 0 saturated heterocycles. The van der Waals surface area contributed by atoms with Crippen LogP contribution in [-0.4, -0.2) is 36.5 Å². The number of aromatic nitrogens is 1. The first-order valence-electron chi connectivity index (χ1n) is 11.5. The molecule has 0 spiro atoms. The minimum atomic E-state index is -6.36. The molecule has 1 unspecified atom stereocenters. The first-order chi connectivity index (χ1) is 19.8. The normalized spacial score (nSPS) is 13.4. The molecular weight excluding hydrogens is 693 g/mol. The van der Waals surface area contributed by atoms with Gasteiger partial charge in [-0.05, 0) is 64.8 Å². The number of alkyl halides is 9. The lowest BCUT2D eigenvalue weighted by atomic mass is 9.94. The Morgan fingerprint density at radius 1 is 1.12 bits per heavy atom. The number of hydrogen-bond acceptors (Lipinski definition) is 4. The van der Waals surface area contributed by atoms with Gasteiger partial charge < -0.3 is 20.2 Å². The van der Waals surface area contributed by atoms with Gasteiger partial charge in [-0.2, -0.15) is 35.5 Å². The third-order valence-electron chi connectivity index (χ3n) is 5.78. The molecule has 3 rings (SSSR count). The molecule has 0 saturated carbocycles. The van der Waals surface area contributed by atoms with Crippen molar-refractivity contribution in [2.24, 2.45) is 0 Å². The lowest BCUT2D eigenvalue weighted by Crippen LogP contribution is -2.49. The van der Waals surface area contributed by atoms with Gasteiger partial charge in [-0.15, -0.1) is 0 Å². The summed E-state index contributed by atoms with van der Waals surface area (Å²) >= 11 is 7.02. The second-order valence-electron chi connectivity index (χ2n) is 8.46. The molecule has 2 amide bonds. The summed E-state index contributed by atoms with van der Waals surface area (Å²) in [6.45, 7) is -2.53. The topological polar surface area (TPSA) is 85.6 Å². The van der Waals surface area contributed by atoms with E-state index in [4.69, 9.17) is 0 Å². The molecule has 1 N–H and O–H groups in total. The van der Waals surface area contributed by atoms with E-state index in [2.05, 4.69) is 32.3 Å². The minimum Gasteiger partial charge on any atom is -0.619 e. The van der Waals surface area contributed by atoms with Crippen LogP contribution in [-0.2, 0) is 5.67 Å². The molecule has 1 atom stereocenters. The van der Waals surface area contributed by atoms with Crippen molar-refractivity contribution in [3.05, 3.63) is 87.0 Å². The number of ether oxygens (including phenoxy) is 1. The molecule has 2 aromatic carbocycles. The van der Waals surface area contributed by atoms with E-state index >= 15 is 4.39 Å². The highest BCUT2D eigenvalue weighted by molar-refractivity contribution is 9.10. The fourth-order valence-corrected chi connectivity index (χ4v) is 4.58. The van der Waals surface area contributed by atoms with Gasteiger partial charge in [0.05, 0.1) is 16.9 Å². The Bertz CT molecular complexity index is 1520. The molecule has 0 bridgehead atoms. The molecule has 3 aromatic rings. The summed E-state index contributed by atoms with van der Waals surface area (Å²) in [6.07, 6.45) is -4.35. The predicted molar refractivity (Wildman–Crippen MR) is 138 cm³/mol. The van der Waals surface area contributed by atoms with Crippen molar-refractivity contribution < 1.29 is 58.6 Å². The van der Waals surface area contributed by atoms with Gasteiger partial charge in [0, 0.05) is 22.6 Å². The van der Waals surface area contributed by atoms with Crippen LogP contribution in [0.5, 0.6) is 5.75 Å². The van der Waals surface area contributed by atoms with Crippen LogP contribution in [0.15, 0.2) is 59.3 Å². The number of rotatable bonds is 9. The number of nitrogens with one attached hydrogen (secondary N) is 1. The smallest absolute Gasteiger partial charge is 0.434 e. The molecule has 0 aliphatic heterocycles. The number of benzene rings is 2. The third-order valence-corrected chi connectivity index (χ3v) is 6.67. The van der Waals surface area contributed by atoms with Gasteiger partial charge in [0.15, 0.2) is 24.0 Å². The van der Waals surface area contributed by atoms with E-state index in [0.717, 1.165) is 35.5 Å². The molecule has 43 heavy (non-hydrogen) atoms. The fraction of sp³-hybridized carbons (Fsp3) is 0.240. The largest absolute Gasteiger partial charge is 0.619 e. The number of carbonyl (C=O) groups is 2. The van der Waals surface area contributed by atoms with Crippen LogP contribution in [0.25, 0.3) is 0 Å². The quantitative estimate of drug-likeness (QED) is 0.110. The maximum atomic E-state index is 15.6. The molecule has 1 heterocycles. The highest BCUT2D eigenvalue weighted by Gasteiger charge is 2.72. The summed E-state index contributed by atoms with van der Waals surface area (Å²) in [7, 11) is 0. The first-order valence-corrected chi connectivity index (χ1v) is 12.7. The van der Waals surface area contributed by atoms with E-state index in [1.165, 1.54) is 19.1 Å². The average molecular weight is 709 g/mol. The van der Waals surface area contributed by atoms with Crippen LogP contribution in [0.1, 0.15) is 33.2 Å². The Hall–Kier alpha value is -3.73. The molecular formula is C25H16BrClF9N3O4. The number of pyridine rings is 1. The van der Waals surface area contributed by atoms with Gasteiger partial charge in [0.2, 0.25) is 0 Å². The van der Waals surface area contributed by atoms with Gasteiger partial charge in [-0.25, -0.2) is 8.78 Å². The zero-order chi connectivity index (χ0) is 32.5.